The van der Waals surface area contributed by atoms with Crippen molar-refractivity contribution in [3.63, 3.8) is 0 Å². The molecule has 0 radical (unpaired) electrons. The number of aromatic nitrogens is 2. The SMILES string of the molecule is O=c1[nH]c(=O)n([C@H]2C[C@H](Cl)[C@@H](CO)O2)cc1Cc1ccccc1. The summed E-state index contributed by atoms with van der Waals surface area (Å²) in [5.41, 5.74) is 0.491. The van der Waals surface area contributed by atoms with Crippen molar-refractivity contribution >= 4 is 11.6 Å². The Morgan fingerprint density at radius 3 is 2.70 bits per heavy atom. The Bertz CT molecular complexity index is 787. The molecule has 122 valence electrons. The number of hydrogen-bond donors (Lipinski definition) is 2. The van der Waals surface area contributed by atoms with E-state index in [1.165, 1.54) is 10.8 Å². The van der Waals surface area contributed by atoms with E-state index in [9.17, 15) is 14.7 Å². The number of rotatable bonds is 4. The van der Waals surface area contributed by atoms with Gasteiger partial charge in [-0.2, -0.15) is 0 Å². The van der Waals surface area contributed by atoms with Crippen LogP contribution in [0.2, 0.25) is 0 Å². The molecular weight excluding hydrogens is 320 g/mol. The first-order valence-electron chi connectivity index (χ1n) is 7.37. The molecule has 1 aliphatic heterocycles. The highest BCUT2D eigenvalue weighted by Crippen LogP contribution is 2.31. The van der Waals surface area contributed by atoms with Crippen molar-refractivity contribution in [1.29, 1.82) is 0 Å². The van der Waals surface area contributed by atoms with Crippen molar-refractivity contribution in [2.45, 2.75) is 30.6 Å². The molecule has 1 aromatic heterocycles. The van der Waals surface area contributed by atoms with E-state index in [1.807, 2.05) is 30.3 Å². The monoisotopic (exact) mass is 336 g/mol. The summed E-state index contributed by atoms with van der Waals surface area (Å²) < 4.78 is 6.93. The van der Waals surface area contributed by atoms with Gasteiger partial charge < -0.3 is 9.84 Å². The molecule has 0 aliphatic carbocycles. The van der Waals surface area contributed by atoms with Gasteiger partial charge >= 0.3 is 5.69 Å². The lowest BCUT2D eigenvalue weighted by Crippen LogP contribution is -2.34. The van der Waals surface area contributed by atoms with Crippen molar-refractivity contribution in [3.05, 3.63) is 68.5 Å². The summed E-state index contributed by atoms with van der Waals surface area (Å²) in [4.78, 5) is 26.4. The molecule has 1 aromatic carbocycles. The van der Waals surface area contributed by atoms with Crippen molar-refractivity contribution in [2.75, 3.05) is 6.61 Å². The number of hydrogen-bond acceptors (Lipinski definition) is 4. The number of aliphatic hydroxyl groups excluding tert-OH is 1. The van der Waals surface area contributed by atoms with Crippen LogP contribution in [-0.4, -0.2) is 32.7 Å². The second-order valence-corrected chi connectivity index (χ2v) is 6.11. The zero-order chi connectivity index (χ0) is 16.4. The number of nitrogens with one attached hydrogen (secondary N) is 1. The third kappa shape index (κ3) is 3.39. The molecule has 0 bridgehead atoms. The van der Waals surface area contributed by atoms with Crippen LogP contribution in [0, 0.1) is 0 Å². The van der Waals surface area contributed by atoms with Crippen LogP contribution in [0.1, 0.15) is 23.8 Å². The first-order valence-corrected chi connectivity index (χ1v) is 7.81. The number of alkyl halides is 1. The molecule has 1 fully saturated rings. The van der Waals surface area contributed by atoms with Gasteiger partial charge in [-0.25, -0.2) is 4.79 Å². The Hall–Kier alpha value is -1.89. The molecule has 2 heterocycles. The number of benzene rings is 1. The second-order valence-electron chi connectivity index (χ2n) is 5.55. The molecule has 1 saturated heterocycles. The van der Waals surface area contributed by atoms with Gasteiger partial charge in [-0.05, 0) is 5.56 Å². The molecular formula is C16H17ClN2O4. The first kappa shape index (κ1) is 16.0. The molecule has 0 saturated carbocycles. The molecule has 23 heavy (non-hydrogen) atoms. The van der Waals surface area contributed by atoms with E-state index in [-0.39, 0.29) is 12.0 Å². The van der Waals surface area contributed by atoms with Gasteiger partial charge in [0, 0.05) is 24.6 Å². The highest BCUT2D eigenvalue weighted by atomic mass is 35.5. The van der Waals surface area contributed by atoms with E-state index in [0.717, 1.165) is 5.56 Å². The van der Waals surface area contributed by atoms with Gasteiger partial charge in [0.2, 0.25) is 0 Å². The van der Waals surface area contributed by atoms with Gasteiger partial charge in [-0.15, -0.1) is 11.6 Å². The predicted molar refractivity (Wildman–Crippen MR) is 85.8 cm³/mol. The van der Waals surface area contributed by atoms with E-state index in [1.54, 1.807) is 0 Å². The van der Waals surface area contributed by atoms with Crippen molar-refractivity contribution < 1.29 is 9.84 Å². The fourth-order valence-electron chi connectivity index (χ4n) is 2.71. The lowest BCUT2D eigenvalue weighted by atomic mass is 10.1. The Morgan fingerprint density at radius 1 is 1.30 bits per heavy atom. The molecule has 7 heteroatoms. The van der Waals surface area contributed by atoms with Gasteiger partial charge in [-0.1, -0.05) is 30.3 Å². The lowest BCUT2D eigenvalue weighted by molar-refractivity contribution is -0.0241. The molecule has 0 amide bonds. The summed E-state index contributed by atoms with van der Waals surface area (Å²) in [6, 6.07) is 9.51. The van der Waals surface area contributed by atoms with Gasteiger partial charge in [0.1, 0.15) is 6.23 Å². The molecule has 0 unspecified atom stereocenters. The maximum absolute atomic E-state index is 12.1. The second kappa shape index (κ2) is 6.70. The molecule has 2 N–H and O–H groups in total. The van der Waals surface area contributed by atoms with E-state index >= 15 is 0 Å². The van der Waals surface area contributed by atoms with E-state index in [0.29, 0.717) is 18.4 Å². The van der Waals surface area contributed by atoms with Crippen LogP contribution in [0.4, 0.5) is 0 Å². The van der Waals surface area contributed by atoms with Crippen LogP contribution in [0.3, 0.4) is 0 Å². The Labute approximate surface area is 137 Å². The van der Waals surface area contributed by atoms with Gasteiger partial charge in [0.05, 0.1) is 18.1 Å². The number of H-pyrrole nitrogens is 1. The minimum absolute atomic E-state index is 0.209. The summed E-state index contributed by atoms with van der Waals surface area (Å²) in [5.74, 6) is 0. The van der Waals surface area contributed by atoms with Gasteiger partial charge in [0.15, 0.2) is 0 Å². The summed E-state index contributed by atoms with van der Waals surface area (Å²) in [6.45, 7) is -0.209. The molecule has 0 spiro atoms. The third-order valence-electron chi connectivity index (χ3n) is 3.93. The van der Waals surface area contributed by atoms with Crippen molar-refractivity contribution in [1.82, 2.24) is 9.55 Å². The van der Waals surface area contributed by atoms with Gasteiger partial charge in [0.25, 0.3) is 5.56 Å². The van der Waals surface area contributed by atoms with Crippen LogP contribution in [0.15, 0.2) is 46.1 Å². The topological polar surface area (TPSA) is 84.3 Å². The number of aliphatic hydroxyl groups is 1. The highest BCUT2D eigenvalue weighted by Gasteiger charge is 2.35. The lowest BCUT2D eigenvalue weighted by Gasteiger charge is -2.15. The fourth-order valence-corrected chi connectivity index (χ4v) is 3.00. The van der Waals surface area contributed by atoms with Crippen molar-refractivity contribution in [3.8, 4) is 0 Å². The van der Waals surface area contributed by atoms with Gasteiger partial charge in [-0.3, -0.25) is 14.3 Å². The molecule has 2 aromatic rings. The summed E-state index contributed by atoms with van der Waals surface area (Å²) >= 11 is 6.10. The fraction of sp³-hybridized carbons (Fsp3) is 0.375. The van der Waals surface area contributed by atoms with Crippen LogP contribution < -0.4 is 11.2 Å². The summed E-state index contributed by atoms with van der Waals surface area (Å²) in [6.07, 6.45) is 1.22. The van der Waals surface area contributed by atoms with Crippen LogP contribution in [0.5, 0.6) is 0 Å². The van der Waals surface area contributed by atoms with Crippen LogP contribution >= 0.6 is 11.6 Å². The number of nitrogens with zero attached hydrogens (tertiary/aromatic N) is 1. The Kier molecular flexibility index (Phi) is 4.66. The standard InChI is InChI=1S/C16H17ClN2O4/c17-12-7-14(23-13(12)9-20)19-8-11(15(21)18-16(19)22)6-10-4-2-1-3-5-10/h1-5,8,12-14,20H,6-7,9H2,(H,18,21,22)/t12-,13+,14+/m0/s1. The largest absolute Gasteiger partial charge is 0.394 e. The number of halogens is 1. The molecule has 1 aliphatic rings. The maximum atomic E-state index is 12.1. The molecule has 6 nitrogen and oxygen atoms in total. The van der Waals surface area contributed by atoms with Crippen LogP contribution in [0.25, 0.3) is 0 Å². The zero-order valence-electron chi connectivity index (χ0n) is 12.3. The normalized spacial score (nSPS) is 24.0. The number of aromatic amines is 1. The highest BCUT2D eigenvalue weighted by molar-refractivity contribution is 6.21. The average molecular weight is 337 g/mol. The molecule has 3 atom stereocenters. The van der Waals surface area contributed by atoms with E-state index in [4.69, 9.17) is 16.3 Å². The Morgan fingerprint density at radius 2 is 2.04 bits per heavy atom. The third-order valence-corrected chi connectivity index (χ3v) is 4.39. The minimum Gasteiger partial charge on any atom is -0.394 e. The quantitative estimate of drug-likeness (QED) is 0.816. The van der Waals surface area contributed by atoms with E-state index < -0.39 is 23.6 Å². The van der Waals surface area contributed by atoms with Crippen LogP contribution in [-0.2, 0) is 11.2 Å². The zero-order valence-corrected chi connectivity index (χ0v) is 13.1. The summed E-state index contributed by atoms with van der Waals surface area (Å²) in [5, 5.41) is 8.84. The van der Waals surface area contributed by atoms with Crippen molar-refractivity contribution in [2.24, 2.45) is 0 Å². The molecule has 3 rings (SSSR count). The average Bonchev–Trinajstić information content (AvgIpc) is 2.91. The maximum Gasteiger partial charge on any atom is 0.330 e. The Balaban J connectivity index is 1.92. The minimum atomic E-state index is -0.589. The number of ether oxygens (including phenoxy) is 1. The van der Waals surface area contributed by atoms with E-state index in [2.05, 4.69) is 4.98 Å². The first-order chi connectivity index (χ1) is 11.1. The smallest absolute Gasteiger partial charge is 0.330 e. The summed E-state index contributed by atoms with van der Waals surface area (Å²) in [7, 11) is 0. The predicted octanol–water partition coefficient (Wildman–Crippen LogP) is 1.01.